The van der Waals surface area contributed by atoms with Crippen molar-refractivity contribution in [2.75, 3.05) is 37.6 Å². The molecule has 1 saturated heterocycles. The molecule has 0 saturated carbocycles. The lowest BCUT2D eigenvalue weighted by atomic mass is 10.1. The van der Waals surface area contributed by atoms with Crippen LogP contribution in [0.1, 0.15) is 44.0 Å². The molecule has 5 heterocycles. The Labute approximate surface area is 216 Å². The molecule has 0 aliphatic carbocycles. The summed E-state index contributed by atoms with van der Waals surface area (Å²) in [7, 11) is 0. The lowest BCUT2D eigenvalue weighted by Crippen LogP contribution is -2.43. The number of fused-ring (bicyclic) bond motifs is 1. The van der Waals surface area contributed by atoms with Gasteiger partial charge in [-0.1, -0.05) is 26.8 Å². The van der Waals surface area contributed by atoms with Gasteiger partial charge in [0.15, 0.2) is 5.65 Å². The van der Waals surface area contributed by atoms with Gasteiger partial charge < -0.3 is 10.2 Å². The summed E-state index contributed by atoms with van der Waals surface area (Å²) < 4.78 is 1.76. The van der Waals surface area contributed by atoms with E-state index >= 15 is 0 Å². The van der Waals surface area contributed by atoms with Crippen LogP contribution >= 0.6 is 11.3 Å². The van der Waals surface area contributed by atoms with Crippen molar-refractivity contribution >= 4 is 28.7 Å². The number of carbonyl (C=O) groups is 1. The van der Waals surface area contributed by atoms with Crippen LogP contribution in [0.4, 0.5) is 5.82 Å². The first kappa shape index (κ1) is 24.4. The van der Waals surface area contributed by atoms with Gasteiger partial charge in [-0.15, -0.1) is 11.3 Å². The lowest BCUT2D eigenvalue weighted by Gasteiger charge is -2.32. The van der Waals surface area contributed by atoms with Gasteiger partial charge in [-0.2, -0.15) is 5.10 Å². The maximum atomic E-state index is 13.3. The van der Waals surface area contributed by atoms with Crippen LogP contribution in [0.25, 0.3) is 27.5 Å². The van der Waals surface area contributed by atoms with E-state index in [0.29, 0.717) is 23.8 Å². The van der Waals surface area contributed by atoms with Crippen LogP contribution in [-0.2, 0) is 0 Å². The van der Waals surface area contributed by atoms with E-state index in [4.69, 9.17) is 9.97 Å². The highest BCUT2D eigenvalue weighted by Crippen LogP contribution is 2.30. The summed E-state index contributed by atoms with van der Waals surface area (Å²) in [4.78, 5) is 28.9. The Kier molecular flexibility index (Phi) is 7.29. The molecule has 4 aromatic heterocycles. The molecule has 36 heavy (non-hydrogen) atoms. The van der Waals surface area contributed by atoms with Gasteiger partial charge in [0.1, 0.15) is 5.82 Å². The molecule has 188 valence electrons. The summed E-state index contributed by atoms with van der Waals surface area (Å²) in [5, 5.41) is 9.73. The van der Waals surface area contributed by atoms with Gasteiger partial charge in [0, 0.05) is 37.4 Å². The van der Waals surface area contributed by atoms with Crippen LogP contribution in [0.5, 0.6) is 0 Å². The third-order valence-corrected chi connectivity index (χ3v) is 7.86. The van der Waals surface area contributed by atoms with Gasteiger partial charge in [-0.3, -0.25) is 9.69 Å². The highest BCUT2D eigenvalue weighted by molar-refractivity contribution is 7.13. The SMILES string of the molecule is CCC(CNC(=O)c1cc(-c2cnn3ccc(-c4cccs4)nc23)nc(N2CCC2)c1)N(CC)CC. The maximum absolute atomic E-state index is 13.3. The third-order valence-electron chi connectivity index (χ3n) is 6.97. The fourth-order valence-corrected chi connectivity index (χ4v) is 5.38. The standard InChI is InChI=1S/C27H33N7OS/c1-4-20(32(5-2)6-3)17-28-27(35)19-15-23(30-25(16-19)33-11-8-12-33)21-18-29-34-13-10-22(31-26(21)34)24-9-7-14-36-24/h7,9-10,13-16,18,20H,4-6,8,11-12,17H2,1-3H3,(H,28,35). The second kappa shape index (κ2) is 10.8. The summed E-state index contributed by atoms with van der Waals surface area (Å²) in [6.07, 6.45) is 5.84. The van der Waals surface area contributed by atoms with Crippen molar-refractivity contribution in [2.45, 2.75) is 39.7 Å². The number of anilines is 1. The van der Waals surface area contributed by atoms with Crippen molar-refractivity contribution in [3.05, 3.63) is 53.7 Å². The van der Waals surface area contributed by atoms with Gasteiger partial charge >= 0.3 is 0 Å². The molecular formula is C27H33N7OS. The number of likely N-dealkylation sites (N-methyl/N-ethyl adjacent to an activating group) is 1. The van der Waals surface area contributed by atoms with E-state index in [1.54, 1.807) is 22.0 Å². The van der Waals surface area contributed by atoms with Gasteiger partial charge in [0.2, 0.25) is 0 Å². The van der Waals surface area contributed by atoms with E-state index in [9.17, 15) is 4.79 Å². The Hall–Kier alpha value is -3.30. The number of hydrogen-bond donors (Lipinski definition) is 1. The minimum absolute atomic E-state index is 0.0743. The van der Waals surface area contributed by atoms with Crippen molar-refractivity contribution in [2.24, 2.45) is 0 Å². The Morgan fingerprint density at radius 1 is 1.14 bits per heavy atom. The molecule has 1 unspecified atom stereocenters. The zero-order valence-corrected chi connectivity index (χ0v) is 22.0. The molecule has 1 fully saturated rings. The minimum Gasteiger partial charge on any atom is -0.356 e. The van der Waals surface area contributed by atoms with E-state index < -0.39 is 0 Å². The van der Waals surface area contributed by atoms with Crippen molar-refractivity contribution in [3.8, 4) is 21.8 Å². The second-order valence-corrected chi connectivity index (χ2v) is 10.00. The normalized spacial score (nSPS) is 14.3. The topological polar surface area (TPSA) is 78.7 Å². The monoisotopic (exact) mass is 503 g/mol. The fraction of sp³-hybridized carbons (Fsp3) is 0.407. The smallest absolute Gasteiger partial charge is 0.251 e. The molecule has 4 aromatic rings. The Morgan fingerprint density at radius 2 is 1.97 bits per heavy atom. The van der Waals surface area contributed by atoms with E-state index in [-0.39, 0.29) is 5.91 Å². The first-order valence-electron chi connectivity index (χ1n) is 12.8. The van der Waals surface area contributed by atoms with E-state index in [0.717, 1.165) is 66.6 Å². The average Bonchev–Trinajstić information content (AvgIpc) is 3.55. The largest absolute Gasteiger partial charge is 0.356 e. The lowest BCUT2D eigenvalue weighted by molar-refractivity contribution is 0.0934. The molecule has 1 aliphatic rings. The number of rotatable bonds is 10. The number of thiophene rings is 1. The average molecular weight is 504 g/mol. The summed E-state index contributed by atoms with van der Waals surface area (Å²) in [6.45, 7) is 11.0. The first-order chi connectivity index (χ1) is 17.6. The molecule has 5 rings (SSSR count). The predicted octanol–water partition coefficient (Wildman–Crippen LogP) is 4.58. The Morgan fingerprint density at radius 3 is 2.64 bits per heavy atom. The number of pyridine rings is 1. The molecule has 0 radical (unpaired) electrons. The minimum atomic E-state index is -0.0743. The predicted molar refractivity (Wildman–Crippen MR) is 146 cm³/mol. The molecule has 1 amide bonds. The Bertz CT molecular complexity index is 1330. The summed E-state index contributed by atoms with van der Waals surface area (Å²) >= 11 is 1.66. The third kappa shape index (κ3) is 4.85. The number of aromatic nitrogens is 4. The molecule has 1 atom stereocenters. The second-order valence-electron chi connectivity index (χ2n) is 9.05. The number of nitrogens with zero attached hydrogens (tertiary/aromatic N) is 6. The number of amides is 1. The van der Waals surface area contributed by atoms with Crippen LogP contribution in [0.2, 0.25) is 0 Å². The van der Waals surface area contributed by atoms with E-state index in [2.05, 4.69) is 47.1 Å². The van der Waals surface area contributed by atoms with Gasteiger partial charge in [-0.25, -0.2) is 14.5 Å². The van der Waals surface area contributed by atoms with E-state index in [1.165, 1.54) is 0 Å². The molecule has 8 nitrogen and oxygen atoms in total. The summed E-state index contributed by atoms with van der Waals surface area (Å²) in [5.41, 5.74) is 3.78. The zero-order valence-electron chi connectivity index (χ0n) is 21.1. The van der Waals surface area contributed by atoms with Crippen molar-refractivity contribution in [1.29, 1.82) is 0 Å². The van der Waals surface area contributed by atoms with Crippen LogP contribution in [0.3, 0.4) is 0 Å². The molecule has 0 spiro atoms. The molecule has 9 heteroatoms. The van der Waals surface area contributed by atoms with Crippen molar-refractivity contribution in [3.63, 3.8) is 0 Å². The Balaban J connectivity index is 1.48. The highest BCUT2D eigenvalue weighted by atomic mass is 32.1. The number of hydrogen-bond acceptors (Lipinski definition) is 7. The van der Waals surface area contributed by atoms with Crippen molar-refractivity contribution < 1.29 is 4.79 Å². The molecule has 1 aliphatic heterocycles. The van der Waals surface area contributed by atoms with Gasteiger partial charge in [-0.05, 0) is 55.6 Å². The zero-order chi connectivity index (χ0) is 25.1. The summed E-state index contributed by atoms with van der Waals surface area (Å²) in [5.74, 6) is 0.753. The van der Waals surface area contributed by atoms with Crippen molar-refractivity contribution in [1.82, 2.24) is 29.8 Å². The van der Waals surface area contributed by atoms with Gasteiger partial charge in [0.05, 0.1) is 28.0 Å². The molecular weight excluding hydrogens is 470 g/mol. The highest BCUT2D eigenvalue weighted by Gasteiger charge is 2.22. The molecule has 1 N–H and O–H groups in total. The van der Waals surface area contributed by atoms with Gasteiger partial charge in [0.25, 0.3) is 5.91 Å². The quantitative estimate of drug-likeness (QED) is 0.341. The maximum Gasteiger partial charge on any atom is 0.251 e. The number of nitrogens with one attached hydrogen (secondary N) is 1. The first-order valence-corrected chi connectivity index (χ1v) is 13.7. The molecule has 0 bridgehead atoms. The van der Waals surface area contributed by atoms with Crippen LogP contribution < -0.4 is 10.2 Å². The van der Waals surface area contributed by atoms with Crippen LogP contribution in [0.15, 0.2) is 48.1 Å². The fourth-order valence-electron chi connectivity index (χ4n) is 4.69. The van der Waals surface area contributed by atoms with Crippen LogP contribution in [0, 0.1) is 0 Å². The summed E-state index contributed by atoms with van der Waals surface area (Å²) in [6, 6.07) is 10.2. The molecule has 0 aromatic carbocycles. The van der Waals surface area contributed by atoms with E-state index in [1.807, 2.05) is 35.8 Å². The van der Waals surface area contributed by atoms with Crippen LogP contribution in [-0.4, -0.2) is 69.2 Å². The number of carbonyl (C=O) groups excluding carboxylic acids is 1.